The van der Waals surface area contributed by atoms with E-state index >= 15 is 0 Å². The van der Waals surface area contributed by atoms with Gasteiger partial charge in [-0.15, -0.1) is 0 Å². The minimum atomic E-state index is -1.02. The number of nitriles is 1. The fourth-order valence-electron chi connectivity index (χ4n) is 5.49. The van der Waals surface area contributed by atoms with Crippen LogP contribution >= 0.6 is 11.6 Å². The number of carbonyl (C=O) groups excluding carboxylic acids is 1. The second-order valence-electron chi connectivity index (χ2n) is 11.1. The van der Waals surface area contributed by atoms with Gasteiger partial charge in [0.1, 0.15) is 30.1 Å². The molecule has 0 spiro atoms. The zero-order chi connectivity index (χ0) is 28.9. The fraction of sp³-hybridized carbons (Fsp3) is 0.345. The van der Waals surface area contributed by atoms with Crippen molar-refractivity contribution < 1.29 is 19.0 Å². The predicted octanol–water partition coefficient (Wildman–Crippen LogP) is 3.72. The first-order valence-corrected chi connectivity index (χ1v) is 13.6. The largest absolute Gasteiger partial charge is 0.489 e. The molecule has 0 radical (unpaired) electrons. The molecule has 6 rings (SSSR count). The number of nitrogens with one attached hydrogen (secondary N) is 1. The monoisotopic (exact) mass is 575 g/mol. The van der Waals surface area contributed by atoms with Crippen molar-refractivity contribution in [3.8, 4) is 23.1 Å². The average molecular weight is 576 g/mol. The quantitative estimate of drug-likeness (QED) is 0.325. The van der Waals surface area contributed by atoms with Crippen molar-refractivity contribution in [2.24, 2.45) is 17.8 Å². The number of aliphatic hydroxyl groups is 1. The number of benzene rings is 1. The number of nitrogens with zero attached hydrogens (tertiary/aromatic N) is 6. The summed E-state index contributed by atoms with van der Waals surface area (Å²) in [6, 6.07) is 8.13. The van der Waals surface area contributed by atoms with Crippen molar-refractivity contribution in [2.45, 2.75) is 19.4 Å². The summed E-state index contributed by atoms with van der Waals surface area (Å²) < 4.78 is 21.4. The smallest absolute Gasteiger partial charge is 0.255 e. The number of amides is 1. The highest BCUT2D eigenvalue weighted by atomic mass is 35.5. The Morgan fingerprint density at radius 3 is 2.71 bits per heavy atom. The molecule has 2 fully saturated rings. The lowest BCUT2D eigenvalue weighted by Gasteiger charge is -2.21. The van der Waals surface area contributed by atoms with Crippen LogP contribution in [0.4, 0.5) is 10.2 Å². The van der Waals surface area contributed by atoms with Crippen LogP contribution in [-0.4, -0.2) is 62.4 Å². The van der Waals surface area contributed by atoms with E-state index in [1.807, 2.05) is 0 Å². The van der Waals surface area contributed by atoms with Gasteiger partial charge in [-0.3, -0.25) is 9.78 Å². The Kier molecular flexibility index (Phi) is 6.76. The summed E-state index contributed by atoms with van der Waals surface area (Å²) >= 11 is 6.01. The maximum Gasteiger partial charge on any atom is 0.255 e. The highest BCUT2D eigenvalue weighted by molar-refractivity contribution is 6.33. The molecule has 2 atom stereocenters. The van der Waals surface area contributed by atoms with Crippen LogP contribution < -0.4 is 15.0 Å². The highest BCUT2D eigenvalue weighted by Gasteiger charge is 2.55. The van der Waals surface area contributed by atoms with Gasteiger partial charge >= 0.3 is 0 Å². The van der Waals surface area contributed by atoms with Crippen molar-refractivity contribution >= 4 is 28.8 Å². The number of anilines is 1. The standard InChI is InChI=1S/C29H27ClFN7O3/c1-29(2,40)15-41-17-6-18(27-16(7-32)8-36-38(27)12-17)24-10-34-25(11-33-24)37-13-20-19(21(20)14-37)9-35-28(39)26-22(30)4-3-5-23(26)31/h3-6,8,10-12,19-21,40H,9,13-15H2,1-2H3,(H,35,39). The molecule has 1 saturated heterocycles. The van der Waals surface area contributed by atoms with Gasteiger partial charge in [0.05, 0.1) is 57.7 Å². The number of ether oxygens (including phenoxy) is 1. The SMILES string of the molecule is CC(C)(O)COc1cc(-c2cnc(N3CC4C(CNC(=O)c5c(F)cccc5Cl)C4C3)cn2)c2c(C#N)cnn2c1. The Hall–Kier alpha value is -4.27. The fourth-order valence-corrected chi connectivity index (χ4v) is 5.74. The lowest BCUT2D eigenvalue weighted by atomic mass is 10.1. The summed E-state index contributed by atoms with van der Waals surface area (Å²) in [7, 11) is 0. The van der Waals surface area contributed by atoms with Gasteiger partial charge in [-0.05, 0) is 49.8 Å². The number of halogens is 2. The van der Waals surface area contributed by atoms with Crippen molar-refractivity contribution in [3.05, 3.63) is 71.0 Å². The predicted molar refractivity (Wildman–Crippen MR) is 149 cm³/mol. The average Bonchev–Trinajstić information content (AvgIpc) is 3.25. The van der Waals surface area contributed by atoms with E-state index < -0.39 is 17.3 Å². The lowest BCUT2D eigenvalue weighted by molar-refractivity contribution is 0.0283. The van der Waals surface area contributed by atoms with Gasteiger partial charge in [0.25, 0.3) is 5.91 Å². The Bertz CT molecular complexity index is 1650. The van der Waals surface area contributed by atoms with Crippen LogP contribution in [0.1, 0.15) is 29.8 Å². The van der Waals surface area contributed by atoms with E-state index in [-0.39, 0.29) is 17.2 Å². The summed E-state index contributed by atoms with van der Waals surface area (Å²) in [4.78, 5) is 23.9. The van der Waals surface area contributed by atoms with Gasteiger partial charge in [0.15, 0.2) is 0 Å². The number of aromatic nitrogens is 4. The molecule has 4 aromatic rings. The Morgan fingerprint density at radius 1 is 1.27 bits per heavy atom. The zero-order valence-electron chi connectivity index (χ0n) is 22.4. The van der Waals surface area contributed by atoms with Gasteiger partial charge in [-0.2, -0.15) is 10.4 Å². The van der Waals surface area contributed by atoms with Crippen molar-refractivity contribution in [1.82, 2.24) is 24.9 Å². The molecule has 1 amide bonds. The summed E-state index contributed by atoms with van der Waals surface area (Å²) in [5, 5.41) is 26.9. The number of pyridine rings is 1. The van der Waals surface area contributed by atoms with E-state index in [4.69, 9.17) is 16.3 Å². The van der Waals surface area contributed by atoms with Gasteiger partial charge in [-0.1, -0.05) is 17.7 Å². The minimum Gasteiger partial charge on any atom is -0.489 e. The second kappa shape index (κ2) is 10.3. The van der Waals surface area contributed by atoms with Gasteiger partial charge in [0, 0.05) is 25.2 Å². The van der Waals surface area contributed by atoms with Crippen molar-refractivity contribution in [3.63, 3.8) is 0 Å². The summed E-state index contributed by atoms with van der Waals surface area (Å²) in [5.41, 5.74) is 1.04. The maximum absolute atomic E-state index is 14.0. The molecule has 1 aliphatic carbocycles. The van der Waals surface area contributed by atoms with Crippen molar-refractivity contribution in [1.29, 1.82) is 5.26 Å². The number of piperidine rings is 1. The molecule has 3 aromatic heterocycles. The molecule has 41 heavy (non-hydrogen) atoms. The molecule has 1 aromatic carbocycles. The molecule has 210 valence electrons. The molecular weight excluding hydrogens is 549 g/mol. The Balaban J connectivity index is 1.12. The minimum absolute atomic E-state index is 0.0772. The molecule has 0 bridgehead atoms. The summed E-state index contributed by atoms with van der Waals surface area (Å²) in [6.07, 6.45) is 6.52. The van der Waals surface area contributed by atoms with Crippen LogP contribution in [0.25, 0.3) is 16.8 Å². The number of hydrogen-bond donors (Lipinski definition) is 2. The third-order valence-corrected chi connectivity index (χ3v) is 7.91. The third-order valence-electron chi connectivity index (χ3n) is 7.60. The van der Waals surface area contributed by atoms with Crippen LogP contribution in [0.2, 0.25) is 5.02 Å². The maximum atomic E-state index is 14.0. The van der Waals surface area contributed by atoms with E-state index in [1.54, 1.807) is 43.0 Å². The van der Waals surface area contributed by atoms with Crippen LogP contribution in [0.5, 0.6) is 5.75 Å². The number of rotatable bonds is 8. The Labute approximate surface area is 240 Å². The summed E-state index contributed by atoms with van der Waals surface area (Å²) in [6.45, 7) is 5.41. The van der Waals surface area contributed by atoms with E-state index in [2.05, 4.69) is 31.4 Å². The number of fused-ring (bicyclic) bond motifs is 2. The van der Waals surface area contributed by atoms with E-state index in [0.29, 0.717) is 52.4 Å². The summed E-state index contributed by atoms with van der Waals surface area (Å²) in [5.74, 6) is 1.20. The first-order valence-electron chi connectivity index (χ1n) is 13.2. The van der Waals surface area contributed by atoms with Crippen LogP contribution in [0, 0.1) is 34.9 Å². The molecule has 4 heterocycles. The zero-order valence-corrected chi connectivity index (χ0v) is 23.1. The Morgan fingerprint density at radius 2 is 2.05 bits per heavy atom. The molecule has 1 saturated carbocycles. The van der Waals surface area contributed by atoms with Gasteiger partial charge in [0.2, 0.25) is 0 Å². The van der Waals surface area contributed by atoms with Crippen LogP contribution in [0.3, 0.4) is 0 Å². The van der Waals surface area contributed by atoms with Gasteiger partial charge < -0.3 is 20.1 Å². The van der Waals surface area contributed by atoms with E-state index in [1.165, 1.54) is 24.4 Å². The molecular formula is C29H27ClFN7O3. The molecule has 12 heteroatoms. The second-order valence-corrected chi connectivity index (χ2v) is 11.5. The van der Waals surface area contributed by atoms with Gasteiger partial charge in [-0.25, -0.2) is 13.9 Å². The van der Waals surface area contributed by atoms with E-state index in [0.717, 1.165) is 18.9 Å². The first-order chi connectivity index (χ1) is 19.6. The molecule has 2 unspecified atom stereocenters. The number of carbonyl (C=O) groups is 1. The van der Waals surface area contributed by atoms with E-state index in [9.17, 15) is 19.6 Å². The van der Waals surface area contributed by atoms with Crippen LogP contribution in [0.15, 0.2) is 49.1 Å². The first kappa shape index (κ1) is 26.9. The topological polar surface area (TPSA) is 129 Å². The normalized spacial score (nSPS) is 19.6. The molecule has 1 aliphatic heterocycles. The molecule has 10 nitrogen and oxygen atoms in total. The molecule has 2 N–H and O–H groups in total. The lowest BCUT2D eigenvalue weighted by Crippen LogP contribution is -2.31. The molecule has 2 aliphatic rings. The number of hydrogen-bond acceptors (Lipinski definition) is 8. The third kappa shape index (κ3) is 5.28. The highest BCUT2D eigenvalue weighted by Crippen LogP contribution is 2.52. The van der Waals surface area contributed by atoms with Crippen LogP contribution in [-0.2, 0) is 0 Å². The van der Waals surface area contributed by atoms with Crippen molar-refractivity contribution in [2.75, 3.05) is 31.1 Å².